The predicted octanol–water partition coefficient (Wildman–Crippen LogP) is 1.45. The van der Waals surface area contributed by atoms with Gasteiger partial charge in [-0.05, 0) is 19.8 Å². The van der Waals surface area contributed by atoms with Gasteiger partial charge >= 0.3 is 5.97 Å². The summed E-state index contributed by atoms with van der Waals surface area (Å²) in [5.41, 5.74) is 6.14. The van der Waals surface area contributed by atoms with Crippen LogP contribution in [-0.4, -0.2) is 34.1 Å². The van der Waals surface area contributed by atoms with Crippen LogP contribution >= 0.6 is 0 Å². The van der Waals surface area contributed by atoms with Crippen molar-refractivity contribution in [1.82, 2.24) is 9.97 Å². The van der Waals surface area contributed by atoms with E-state index in [2.05, 4.69) is 14.9 Å². The van der Waals surface area contributed by atoms with Crippen LogP contribution in [0.1, 0.15) is 41.7 Å². The fourth-order valence-electron chi connectivity index (χ4n) is 2.26. The Bertz CT molecular complexity index is 430. The number of hydrogen-bond donors (Lipinski definition) is 2. The molecule has 2 rings (SSSR count). The molecule has 98 valence electrons. The minimum absolute atomic E-state index is 0.00794. The van der Waals surface area contributed by atoms with Gasteiger partial charge in [-0.25, -0.2) is 9.78 Å². The van der Waals surface area contributed by atoms with E-state index in [0.717, 1.165) is 25.9 Å². The monoisotopic (exact) mass is 250 g/mol. The van der Waals surface area contributed by atoms with Crippen LogP contribution in [-0.2, 0) is 0 Å². The molecule has 0 unspecified atom stereocenters. The third-order valence-corrected chi connectivity index (χ3v) is 3.21. The molecule has 0 spiro atoms. The van der Waals surface area contributed by atoms with Crippen molar-refractivity contribution >= 4 is 17.7 Å². The van der Waals surface area contributed by atoms with Crippen molar-refractivity contribution in [2.24, 2.45) is 0 Å². The summed E-state index contributed by atoms with van der Waals surface area (Å²) in [7, 11) is 0. The summed E-state index contributed by atoms with van der Waals surface area (Å²) in [6, 6.07) is 0. The van der Waals surface area contributed by atoms with E-state index in [-0.39, 0.29) is 11.4 Å². The summed E-state index contributed by atoms with van der Waals surface area (Å²) in [4.78, 5) is 21.5. The van der Waals surface area contributed by atoms with Crippen molar-refractivity contribution < 1.29 is 9.90 Å². The SMILES string of the molecule is Cc1nc(N2CCCCCC2)nc(N)c1C(=O)O. The Hall–Kier alpha value is -1.85. The third kappa shape index (κ3) is 2.52. The van der Waals surface area contributed by atoms with E-state index in [1.807, 2.05) is 0 Å². The highest BCUT2D eigenvalue weighted by Gasteiger charge is 2.19. The minimum atomic E-state index is -1.08. The average molecular weight is 250 g/mol. The summed E-state index contributed by atoms with van der Waals surface area (Å²) < 4.78 is 0. The number of aromatic nitrogens is 2. The van der Waals surface area contributed by atoms with Gasteiger partial charge in [-0.1, -0.05) is 12.8 Å². The van der Waals surface area contributed by atoms with Gasteiger partial charge in [0.2, 0.25) is 5.95 Å². The van der Waals surface area contributed by atoms with E-state index in [0.29, 0.717) is 11.6 Å². The number of carbonyl (C=O) groups is 1. The van der Waals surface area contributed by atoms with Crippen LogP contribution in [0.5, 0.6) is 0 Å². The van der Waals surface area contributed by atoms with Crippen LogP contribution in [0.3, 0.4) is 0 Å². The molecule has 0 aromatic carbocycles. The normalized spacial score (nSPS) is 16.4. The molecule has 1 aliphatic rings. The molecule has 0 radical (unpaired) electrons. The first kappa shape index (κ1) is 12.6. The van der Waals surface area contributed by atoms with Crippen LogP contribution in [0.2, 0.25) is 0 Å². The molecular weight excluding hydrogens is 232 g/mol. The molecule has 1 fully saturated rings. The van der Waals surface area contributed by atoms with E-state index in [1.165, 1.54) is 12.8 Å². The standard InChI is InChI=1S/C12H18N4O2/c1-8-9(11(17)18)10(13)15-12(14-8)16-6-4-2-3-5-7-16/h2-7H2,1H3,(H,17,18)(H2,13,14,15). The Balaban J connectivity index is 2.31. The lowest BCUT2D eigenvalue weighted by atomic mass is 10.2. The van der Waals surface area contributed by atoms with Gasteiger partial charge in [0, 0.05) is 13.1 Å². The fraction of sp³-hybridized carbons (Fsp3) is 0.583. The summed E-state index contributed by atoms with van der Waals surface area (Å²) in [6.07, 6.45) is 4.67. The summed E-state index contributed by atoms with van der Waals surface area (Å²) >= 11 is 0. The Morgan fingerprint density at radius 3 is 2.33 bits per heavy atom. The molecule has 6 heteroatoms. The molecule has 0 atom stereocenters. The molecule has 0 bridgehead atoms. The highest BCUT2D eigenvalue weighted by Crippen LogP contribution is 2.20. The lowest BCUT2D eigenvalue weighted by Gasteiger charge is -2.21. The van der Waals surface area contributed by atoms with Crippen LogP contribution < -0.4 is 10.6 Å². The van der Waals surface area contributed by atoms with E-state index < -0.39 is 5.97 Å². The molecule has 1 saturated heterocycles. The van der Waals surface area contributed by atoms with Gasteiger partial charge in [-0.2, -0.15) is 4.98 Å². The number of rotatable bonds is 2. The number of nitrogens with two attached hydrogens (primary N) is 1. The molecule has 18 heavy (non-hydrogen) atoms. The molecule has 0 aliphatic carbocycles. The van der Waals surface area contributed by atoms with Gasteiger partial charge in [-0.3, -0.25) is 0 Å². The van der Waals surface area contributed by atoms with Gasteiger partial charge in [0.05, 0.1) is 5.69 Å². The first-order valence-electron chi connectivity index (χ1n) is 6.22. The van der Waals surface area contributed by atoms with Gasteiger partial charge in [0.15, 0.2) is 0 Å². The van der Waals surface area contributed by atoms with Gasteiger partial charge < -0.3 is 15.7 Å². The molecule has 3 N–H and O–H groups in total. The molecule has 0 saturated carbocycles. The second kappa shape index (κ2) is 5.20. The molecule has 2 heterocycles. The number of carboxylic acid groups (broad SMARTS) is 1. The van der Waals surface area contributed by atoms with Crippen LogP contribution in [0, 0.1) is 6.92 Å². The van der Waals surface area contributed by atoms with Crippen molar-refractivity contribution in [3.63, 3.8) is 0 Å². The first-order chi connectivity index (χ1) is 8.59. The average Bonchev–Trinajstić information content (AvgIpc) is 2.55. The van der Waals surface area contributed by atoms with Crippen LogP contribution in [0.4, 0.5) is 11.8 Å². The van der Waals surface area contributed by atoms with E-state index in [1.54, 1.807) is 6.92 Å². The third-order valence-electron chi connectivity index (χ3n) is 3.21. The van der Waals surface area contributed by atoms with Crippen LogP contribution in [0.25, 0.3) is 0 Å². The number of nitrogen functional groups attached to an aromatic ring is 1. The van der Waals surface area contributed by atoms with E-state index in [9.17, 15) is 4.79 Å². The highest BCUT2D eigenvalue weighted by atomic mass is 16.4. The van der Waals surface area contributed by atoms with Crippen molar-refractivity contribution in [2.45, 2.75) is 32.6 Å². The number of aryl methyl sites for hydroxylation is 1. The zero-order valence-electron chi connectivity index (χ0n) is 10.5. The lowest BCUT2D eigenvalue weighted by molar-refractivity contribution is 0.0696. The maximum absolute atomic E-state index is 11.0. The Morgan fingerprint density at radius 2 is 1.83 bits per heavy atom. The zero-order valence-corrected chi connectivity index (χ0v) is 10.5. The van der Waals surface area contributed by atoms with E-state index >= 15 is 0 Å². The number of nitrogens with zero attached hydrogens (tertiary/aromatic N) is 3. The maximum atomic E-state index is 11.0. The predicted molar refractivity (Wildman–Crippen MR) is 68.8 cm³/mol. The van der Waals surface area contributed by atoms with Gasteiger partial charge in [0.1, 0.15) is 11.4 Å². The van der Waals surface area contributed by atoms with Crippen LogP contribution in [0.15, 0.2) is 0 Å². The van der Waals surface area contributed by atoms with Crippen molar-refractivity contribution in [2.75, 3.05) is 23.7 Å². The largest absolute Gasteiger partial charge is 0.477 e. The van der Waals surface area contributed by atoms with Gasteiger partial charge in [-0.15, -0.1) is 0 Å². The number of anilines is 2. The van der Waals surface area contributed by atoms with Crippen molar-refractivity contribution in [1.29, 1.82) is 0 Å². The van der Waals surface area contributed by atoms with E-state index in [4.69, 9.17) is 10.8 Å². The quantitative estimate of drug-likeness (QED) is 0.825. The smallest absolute Gasteiger partial charge is 0.341 e. The maximum Gasteiger partial charge on any atom is 0.341 e. The summed E-state index contributed by atoms with van der Waals surface area (Å²) in [5, 5.41) is 9.02. The Kier molecular flexibility index (Phi) is 3.64. The second-order valence-electron chi connectivity index (χ2n) is 4.58. The summed E-state index contributed by atoms with van der Waals surface area (Å²) in [6.45, 7) is 3.47. The Morgan fingerprint density at radius 1 is 1.22 bits per heavy atom. The number of carboxylic acids is 1. The number of hydrogen-bond acceptors (Lipinski definition) is 5. The van der Waals surface area contributed by atoms with Gasteiger partial charge in [0.25, 0.3) is 0 Å². The lowest BCUT2D eigenvalue weighted by Crippen LogP contribution is -2.27. The second-order valence-corrected chi connectivity index (χ2v) is 4.58. The van der Waals surface area contributed by atoms with Crippen molar-refractivity contribution in [3.8, 4) is 0 Å². The fourth-order valence-corrected chi connectivity index (χ4v) is 2.26. The topological polar surface area (TPSA) is 92.3 Å². The molecule has 6 nitrogen and oxygen atoms in total. The molecular formula is C12H18N4O2. The zero-order chi connectivity index (χ0) is 13.1. The minimum Gasteiger partial charge on any atom is -0.477 e. The summed E-state index contributed by atoms with van der Waals surface area (Å²) in [5.74, 6) is -0.474. The first-order valence-corrected chi connectivity index (χ1v) is 6.22. The number of aromatic carboxylic acids is 1. The van der Waals surface area contributed by atoms with Crippen molar-refractivity contribution in [3.05, 3.63) is 11.3 Å². The molecule has 0 amide bonds. The Labute approximate surface area is 106 Å². The highest BCUT2D eigenvalue weighted by molar-refractivity contribution is 5.93. The molecule has 1 aromatic rings. The molecule has 1 aromatic heterocycles. The molecule has 1 aliphatic heterocycles.